The molecular formula is C8H16N2S. The lowest BCUT2D eigenvalue weighted by Crippen LogP contribution is -2.22. The minimum atomic E-state index is 1.11. The van der Waals surface area contributed by atoms with E-state index in [-0.39, 0.29) is 0 Å². The molecule has 1 aliphatic rings. The molecule has 1 aliphatic heterocycles. The summed E-state index contributed by atoms with van der Waals surface area (Å²) < 4.78 is 0. The molecule has 0 radical (unpaired) electrons. The highest BCUT2D eigenvalue weighted by molar-refractivity contribution is 7.98. The van der Waals surface area contributed by atoms with Crippen LogP contribution in [0.2, 0.25) is 0 Å². The molecule has 1 saturated heterocycles. The molecule has 1 N–H and O–H groups in total. The maximum absolute atomic E-state index is 3.34. The molecule has 0 spiro atoms. The molecule has 2 nitrogen and oxygen atoms in total. The highest BCUT2D eigenvalue weighted by atomic mass is 32.2. The molecule has 64 valence electrons. The summed E-state index contributed by atoms with van der Waals surface area (Å²) in [5.74, 6) is 2.53. The summed E-state index contributed by atoms with van der Waals surface area (Å²) in [6.45, 7) is 5.53. The lowest BCUT2D eigenvalue weighted by atomic mass is 10.5. The van der Waals surface area contributed by atoms with Crippen LogP contribution in [0.3, 0.4) is 0 Å². The summed E-state index contributed by atoms with van der Waals surface area (Å²) in [5.41, 5.74) is 0. The van der Waals surface area contributed by atoms with Gasteiger partial charge in [0.25, 0.3) is 0 Å². The zero-order valence-corrected chi connectivity index (χ0v) is 8.08. The van der Waals surface area contributed by atoms with Gasteiger partial charge in [-0.15, -0.1) is 0 Å². The maximum Gasteiger partial charge on any atom is 0.0970 e. The lowest BCUT2D eigenvalue weighted by Gasteiger charge is -2.17. The third-order valence-corrected chi connectivity index (χ3v) is 2.46. The first-order valence-electron chi connectivity index (χ1n) is 4.02. The molecule has 0 unspecified atom stereocenters. The third-order valence-electron chi connectivity index (χ3n) is 1.87. The van der Waals surface area contributed by atoms with Crippen molar-refractivity contribution in [3.05, 3.63) is 11.9 Å². The Bertz CT molecular complexity index is 145. The summed E-state index contributed by atoms with van der Waals surface area (Å²) in [5, 5.41) is 3.34. The molecule has 1 rings (SSSR count). The third kappa shape index (κ3) is 2.33. The van der Waals surface area contributed by atoms with Crippen molar-refractivity contribution in [2.75, 3.05) is 31.6 Å². The monoisotopic (exact) mass is 172 g/mol. The van der Waals surface area contributed by atoms with E-state index in [0.717, 1.165) is 6.54 Å². The lowest BCUT2D eigenvalue weighted by molar-refractivity contribution is 0.421. The Morgan fingerprint density at radius 3 is 3.18 bits per heavy atom. The van der Waals surface area contributed by atoms with Gasteiger partial charge in [-0.05, 0) is 19.3 Å². The van der Waals surface area contributed by atoms with Gasteiger partial charge in [0.15, 0.2) is 0 Å². The normalized spacial score (nSPS) is 20.9. The molecule has 0 aromatic rings. The van der Waals surface area contributed by atoms with Gasteiger partial charge in [-0.2, -0.15) is 11.8 Å². The first-order valence-corrected chi connectivity index (χ1v) is 5.42. The van der Waals surface area contributed by atoms with Crippen LogP contribution < -0.4 is 5.32 Å². The van der Waals surface area contributed by atoms with Gasteiger partial charge in [-0.25, -0.2) is 0 Å². The molecule has 0 aromatic heterocycles. The summed E-state index contributed by atoms with van der Waals surface area (Å²) in [4.78, 5) is 2.40. The van der Waals surface area contributed by atoms with Crippen LogP contribution in [0.5, 0.6) is 0 Å². The standard InChI is InChI=1S/C8H16N2S/c1-3-8-9-4-5-10(8)6-7-11-2/h3,9H,4-7H2,1-2H3/b8-3-. The van der Waals surface area contributed by atoms with E-state index >= 15 is 0 Å². The Labute approximate surface area is 73.0 Å². The van der Waals surface area contributed by atoms with E-state index in [1.54, 1.807) is 0 Å². The Balaban J connectivity index is 2.32. The molecule has 0 aliphatic carbocycles. The van der Waals surface area contributed by atoms with Gasteiger partial charge < -0.3 is 10.2 Å². The fourth-order valence-corrected chi connectivity index (χ4v) is 1.67. The topological polar surface area (TPSA) is 15.3 Å². The van der Waals surface area contributed by atoms with E-state index in [0.29, 0.717) is 0 Å². The van der Waals surface area contributed by atoms with E-state index in [1.807, 2.05) is 11.8 Å². The maximum atomic E-state index is 3.34. The number of allylic oxidation sites excluding steroid dienone is 1. The predicted octanol–water partition coefficient (Wildman–Crippen LogP) is 1.12. The van der Waals surface area contributed by atoms with Crippen LogP contribution in [0.15, 0.2) is 11.9 Å². The van der Waals surface area contributed by atoms with Crippen molar-refractivity contribution in [1.82, 2.24) is 10.2 Å². The molecular weight excluding hydrogens is 156 g/mol. The van der Waals surface area contributed by atoms with Gasteiger partial charge in [0.05, 0.1) is 5.82 Å². The van der Waals surface area contributed by atoms with Gasteiger partial charge in [-0.1, -0.05) is 0 Å². The molecule has 1 heterocycles. The molecule has 0 bridgehead atoms. The van der Waals surface area contributed by atoms with Gasteiger partial charge in [0.1, 0.15) is 0 Å². The van der Waals surface area contributed by atoms with Gasteiger partial charge in [0, 0.05) is 25.4 Å². The van der Waals surface area contributed by atoms with Crippen molar-refractivity contribution in [2.45, 2.75) is 6.92 Å². The SMILES string of the molecule is C/C=C1/NCCN1CCSC. The van der Waals surface area contributed by atoms with Crippen molar-refractivity contribution >= 4 is 11.8 Å². The minimum Gasteiger partial charge on any atom is -0.370 e. The van der Waals surface area contributed by atoms with Crippen molar-refractivity contribution in [3.8, 4) is 0 Å². The average Bonchev–Trinajstić information content (AvgIpc) is 2.47. The number of hydrogen-bond donors (Lipinski definition) is 1. The van der Waals surface area contributed by atoms with Crippen LogP contribution in [0.4, 0.5) is 0 Å². The van der Waals surface area contributed by atoms with Crippen LogP contribution in [0.1, 0.15) is 6.92 Å². The summed E-state index contributed by atoms with van der Waals surface area (Å²) in [6, 6.07) is 0. The first-order chi connectivity index (χ1) is 5.38. The Kier molecular flexibility index (Phi) is 3.63. The predicted molar refractivity (Wildman–Crippen MR) is 51.7 cm³/mol. The second-order valence-corrected chi connectivity index (χ2v) is 3.57. The molecule has 0 aromatic carbocycles. The van der Waals surface area contributed by atoms with E-state index < -0.39 is 0 Å². The second kappa shape index (κ2) is 4.54. The van der Waals surface area contributed by atoms with Crippen molar-refractivity contribution < 1.29 is 0 Å². The van der Waals surface area contributed by atoms with Crippen LogP contribution >= 0.6 is 11.8 Å². The van der Waals surface area contributed by atoms with Crippen LogP contribution in [0, 0.1) is 0 Å². The van der Waals surface area contributed by atoms with Crippen molar-refractivity contribution in [1.29, 1.82) is 0 Å². The number of rotatable bonds is 3. The van der Waals surface area contributed by atoms with E-state index in [1.165, 1.54) is 24.7 Å². The molecule has 3 heteroatoms. The van der Waals surface area contributed by atoms with Gasteiger partial charge >= 0.3 is 0 Å². The average molecular weight is 172 g/mol. The van der Waals surface area contributed by atoms with E-state index in [2.05, 4.69) is 29.5 Å². The number of hydrogen-bond acceptors (Lipinski definition) is 3. The molecule has 1 fully saturated rings. The van der Waals surface area contributed by atoms with Gasteiger partial charge in [0.2, 0.25) is 0 Å². The van der Waals surface area contributed by atoms with Crippen molar-refractivity contribution in [3.63, 3.8) is 0 Å². The van der Waals surface area contributed by atoms with Crippen molar-refractivity contribution in [2.24, 2.45) is 0 Å². The van der Waals surface area contributed by atoms with E-state index in [9.17, 15) is 0 Å². The zero-order valence-electron chi connectivity index (χ0n) is 7.26. The highest BCUT2D eigenvalue weighted by Gasteiger charge is 2.13. The Hall–Kier alpha value is -0.310. The van der Waals surface area contributed by atoms with Gasteiger partial charge in [-0.3, -0.25) is 0 Å². The summed E-state index contributed by atoms with van der Waals surface area (Å²) in [6.07, 6.45) is 4.30. The van der Waals surface area contributed by atoms with Crippen LogP contribution in [-0.2, 0) is 0 Å². The highest BCUT2D eigenvalue weighted by Crippen LogP contribution is 2.07. The molecule has 0 atom stereocenters. The summed E-state index contributed by atoms with van der Waals surface area (Å²) >= 11 is 1.90. The largest absolute Gasteiger partial charge is 0.370 e. The first kappa shape index (κ1) is 8.78. The molecule has 11 heavy (non-hydrogen) atoms. The number of thioether (sulfide) groups is 1. The van der Waals surface area contributed by atoms with Crippen LogP contribution in [0.25, 0.3) is 0 Å². The van der Waals surface area contributed by atoms with Crippen LogP contribution in [-0.4, -0.2) is 36.5 Å². The molecule has 0 amide bonds. The zero-order chi connectivity index (χ0) is 8.10. The second-order valence-electron chi connectivity index (χ2n) is 2.58. The summed E-state index contributed by atoms with van der Waals surface area (Å²) in [7, 11) is 0. The quantitative estimate of drug-likeness (QED) is 0.686. The Morgan fingerprint density at radius 2 is 2.55 bits per heavy atom. The molecule has 0 saturated carbocycles. The number of nitrogens with one attached hydrogen (secondary N) is 1. The fourth-order valence-electron chi connectivity index (χ4n) is 1.27. The van der Waals surface area contributed by atoms with E-state index in [4.69, 9.17) is 0 Å². The minimum absolute atomic E-state index is 1.11. The fraction of sp³-hybridized carbons (Fsp3) is 0.750. The number of nitrogens with zero attached hydrogens (tertiary/aromatic N) is 1. The Morgan fingerprint density at radius 1 is 1.73 bits per heavy atom. The smallest absolute Gasteiger partial charge is 0.0970 e.